The highest BCUT2D eigenvalue weighted by molar-refractivity contribution is 6.08. The number of amides is 2. The Morgan fingerprint density at radius 1 is 1.45 bits per heavy atom. The topological polar surface area (TPSA) is 65.4 Å². The average Bonchev–Trinajstić information content (AvgIpc) is 2.64. The Morgan fingerprint density at radius 3 is 2.65 bits per heavy atom. The van der Waals surface area contributed by atoms with Gasteiger partial charge in [-0.2, -0.15) is 0 Å². The minimum Gasteiger partial charge on any atom is -0.497 e. The summed E-state index contributed by atoms with van der Waals surface area (Å²) >= 11 is 0. The maximum absolute atomic E-state index is 11.8. The summed E-state index contributed by atoms with van der Waals surface area (Å²) < 4.78 is 5.12. The Bertz CT molecular complexity index is 574. The van der Waals surface area contributed by atoms with E-state index in [4.69, 9.17) is 16.6 Å². The van der Waals surface area contributed by atoms with E-state index in [1.165, 1.54) is 4.90 Å². The molecule has 0 bridgehead atoms. The number of nitrogens with one attached hydrogen (secondary N) is 2. The van der Waals surface area contributed by atoms with Gasteiger partial charge in [-0.25, -0.2) is 4.79 Å². The molecule has 1 saturated heterocycles. The van der Waals surface area contributed by atoms with Crippen LogP contribution in [0.15, 0.2) is 24.3 Å². The predicted molar refractivity (Wildman–Crippen MR) is 76.9 cm³/mol. The number of rotatable bonds is 4. The van der Waals surface area contributed by atoms with Gasteiger partial charge in [-0.15, -0.1) is 6.42 Å². The number of nitrogens with zero attached hydrogens (tertiary/aromatic N) is 1. The van der Waals surface area contributed by atoms with Gasteiger partial charge in [0.05, 0.1) is 13.7 Å². The van der Waals surface area contributed by atoms with Crippen LogP contribution >= 0.6 is 0 Å². The molecule has 0 saturated carbocycles. The summed E-state index contributed by atoms with van der Waals surface area (Å²) in [6.45, 7) is 2.02. The van der Waals surface area contributed by atoms with Gasteiger partial charge in [0.1, 0.15) is 17.1 Å². The van der Waals surface area contributed by atoms with Crippen molar-refractivity contribution in [3.63, 3.8) is 0 Å². The van der Waals surface area contributed by atoms with Gasteiger partial charge < -0.3 is 9.64 Å². The summed E-state index contributed by atoms with van der Waals surface area (Å²) in [5, 5.41) is 10.5. The summed E-state index contributed by atoms with van der Waals surface area (Å²) in [6, 6.07) is 7.25. The third-order valence-corrected chi connectivity index (χ3v) is 3.57. The third-order valence-electron chi connectivity index (χ3n) is 3.57. The number of carbonyl (C=O) groups is 1. The Kier molecular flexibility index (Phi) is 3.66. The number of hydrogen-bond donors (Lipinski definition) is 2. The number of methoxy groups -OCH3 is 1. The number of carbonyl (C=O) groups excluding carboxylic acids is 1. The third kappa shape index (κ3) is 2.32. The lowest BCUT2D eigenvalue weighted by Gasteiger charge is -2.32. The molecule has 20 heavy (non-hydrogen) atoms. The van der Waals surface area contributed by atoms with Crippen LogP contribution < -0.4 is 10.1 Å². The van der Waals surface area contributed by atoms with Crippen molar-refractivity contribution in [2.24, 2.45) is 0 Å². The zero-order valence-corrected chi connectivity index (χ0v) is 11.6. The molecule has 2 amide bonds. The first-order valence-electron chi connectivity index (χ1n) is 6.25. The fourth-order valence-electron chi connectivity index (χ4n) is 2.33. The van der Waals surface area contributed by atoms with Crippen LogP contribution in [0.3, 0.4) is 0 Å². The van der Waals surface area contributed by atoms with Gasteiger partial charge in [0, 0.05) is 6.42 Å². The van der Waals surface area contributed by atoms with Crippen molar-refractivity contribution in [2.45, 2.75) is 18.9 Å². The Hall–Kier alpha value is -2.48. The molecule has 1 aromatic rings. The van der Waals surface area contributed by atoms with Crippen LogP contribution in [0.4, 0.5) is 4.79 Å². The minimum atomic E-state index is -0.738. The van der Waals surface area contributed by atoms with Crippen molar-refractivity contribution in [3.05, 3.63) is 29.8 Å². The summed E-state index contributed by atoms with van der Waals surface area (Å²) in [5.74, 6) is 3.42. The Labute approximate surface area is 118 Å². The van der Waals surface area contributed by atoms with Crippen molar-refractivity contribution in [1.82, 2.24) is 10.2 Å². The second kappa shape index (κ2) is 5.25. The first-order valence-corrected chi connectivity index (χ1v) is 6.25. The molecule has 5 nitrogen and oxygen atoms in total. The summed E-state index contributed by atoms with van der Waals surface area (Å²) in [6.07, 6.45) is 5.83. The first kappa shape index (κ1) is 13.9. The van der Waals surface area contributed by atoms with Gasteiger partial charge in [0.15, 0.2) is 0 Å². The number of amidine groups is 1. The van der Waals surface area contributed by atoms with Gasteiger partial charge in [0.2, 0.25) is 0 Å². The van der Waals surface area contributed by atoms with Crippen LogP contribution in [0.5, 0.6) is 5.75 Å². The fourth-order valence-corrected chi connectivity index (χ4v) is 2.33. The zero-order chi connectivity index (χ0) is 14.8. The molecule has 0 spiro atoms. The molecule has 2 N–H and O–H groups in total. The smallest absolute Gasteiger partial charge is 0.324 e. The quantitative estimate of drug-likeness (QED) is 0.817. The second-order valence-electron chi connectivity index (χ2n) is 4.89. The van der Waals surface area contributed by atoms with Crippen LogP contribution in [-0.4, -0.2) is 36.0 Å². The Balaban J connectivity index is 2.26. The molecule has 1 unspecified atom stereocenters. The molecular weight excluding hydrogens is 254 g/mol. The lowest BCUT2D eigenvalue weighted by atomic mass is 9.91. The predicted octanol–water partition coefficient (Wildman–Crippen LogP) is 1.63. The van der Waals surface area contributed by atoms with Crippen molar-refractivity contribution in [2.75, 3.05) is 13.7 Å². The molecule has 0 radical (unpaired) electrons. The van der Waals surface area contributed by atoms with Crippen molar-refractivity contribution in [1.29, 1.82) is 5.41 Å². The second-order valence-corrected chi connectivity index (χ2v) is 4.89. The van der Waals surface area contributed by atoms with Crippen LogP contribution in [0.1, 0.15) is 12.5 Å². The highest BCUT2D eigenvalue weighted by Crippen LogP contribution is 2.26. The number of urea groups is 1. The average molecular weight is 271 g/mol. The van der Waals surface area contributed by atoms with Crippen molar-refractivity contribution in [3.8, 4) is 18.1 Å². The minimum absolute atomic E-state index is 0.175. The summed E-state index contributed by atoms with van der Waals surface area (Å²) in [5.41, 5.74) is 0.273. The molecule has 0 aromatic heterocycles. The fraction of sp³-hybridized carbons (Fsp3) is 0.333. The van der Waals surface area contributed by atoms with E-state index in [0.717, 1.165) is 11.3 Å². The molecule has 1 heterocycles. The van der Waals surface area contributed by atoms with Gasteiger partial charge in [-0.05, 0) is 24.6 Å². The van der Waals surface area contributed by atoms with E-state index in [1.54, 1.807) is 7.11 Å². The lowest BCUT2D eigenvalue weighted by Crippen LogP contribution is -2.48. The SMILES string of the molecule is C#CCN1C(=O)NC(=N)C1(C)Cc1ccc(OC)cc1. The number of ether oxygens (including phenoxy) is 1. The normalized spacial score (nSPS) is 21.6. The van der Waals surface area contributed by atoms with Gasteiger partial charge in [-0.3, -0.25) is 10.7 Å². The van der Waals surface area contributed by atoms with Crippen LogP contribution in [0.25, 0.3) is 0 Å². The molecule has 1 aliphatic rings. The summed E-state index contributed by atoms with van der Waals surface area (Å²) in [4.78, 5) is 13.4. The van der Waals surface area contributed by atoms with E-state index < -0.39 is 5.54 Å². The molecule has 104 valence electrons. The Morgan fingerprint density at radius 2 is 2.10 bits per heavy atom. The molecular formula is C15H17N3O2. The van der Waals surface area contributed by atoms with Gasteiger partial charge >= 0.3 is 6.03 Å². The molecule has 1 atom stereocenters. The monoisotopic (exact) mass is 271 g/mol. The van der Waals surface area contributed by atoms with E-state index in [2.05, 4.69) is 11.2 Å². The number of hydrogen-bond acceptors (Lipinski definition) is 3. The van der Waals surface area contributed by atoms with Crippen LogP contribution in [0.2, 0.25) is 0 Å². The van der Waals surface area contributed by atoms with Gasteiger partial charge in [0.25, 0.3) is 0 Å². The largest absolute Gasteiger partial charge is 0.497 e. The lowest BCUT2D eigenvalue weighted by molar-refractivity contribution is 0.190. The van der Waals surface area contributed by atoms with E-state index in [9.17, 15) is 4.79 Å². The zero-order valence-electron chi connectivity index (χ0n) is 11.6. The molecule has 1 aromatic carbocycles. The maximum Gasteiger partial charge on any atom is 0.324 e. The number of benzene rings is 1. The molecule has 1 fully saturated rings. The van der Waals surface area contributed by atoms with E-state index in [-0.39, 0.29) is 18.4 Å². The summed E-state index contributed by atoms with van der Waals surface area (Å²) in [7, 11) is 1.61. The van der Waals surface area contributed by atoms with Crippen LogP contribution in [-0.2, 0) is 6.42 Å². The molecule has 5 heteroatoms. The maximum atomic E-state index is 11.8. The number of terminal acetylenes is 1. The standard InChI is InChI=1S/C15H17N3O2/c1-4-9-18-14(19)17-13(16)15(18,2)10-11-5-7-12(20-3)8-6-11/h1,5-8H,9-10H2,2-3H3,(H2,16,17,19). The molecule has 2 rings (SSSR count). The first-order chi connectivity index (χ1) is 9.51. The highest BCUT2D eigenvalue weighted by Gasteiger charge is 2.46. The highest BCUT2D eigenvalue weighted by atomic mass is 16.5. The molecule has 0 aliphatic carbocycles. The molecule has 1 aliphatic heterocycles. The van der Waals surface area contributed by atoms with E-state index in [0.29, 0.717) is 6.42 Å². The van der Waals surface area contributed by atoms with Crippen molar-refractivity contribution >= 4 is 11.9 Å². The van der Waals surface area contributed by atoms with E-state index >= 15 is 0 Å². The van der Waals surface area contributed by atoms with Crippen LogP contribution in [0, 0.1) is 17.8 Å². The van der Waals surface area contributed by atoms with Crippen molar-refractivity contribution < 1.29 is 9.53 Å². The van der Waals surface area contributed by atoms with E-state index in [1.807, 2.05) is 31.2 Å². The van der Waals surface area contributed by atoms with Gasteiger partial charge in [-0.1, -0.05) is 18.1 Å².